The summed E-state index contributed by atoms with van der Waals surface area (Å²) in [4.78, 5) is 33.1. The van der Waals surface area contributed by atoms with Crippen molar-refractivity contribution in [2.24, 2.45) is 11.8 Å². The molecule has 102 valence electrons. The van der Waals surface area contributed by atoms with Gasteiger partial charge in [-0.1, -0.05) is 6.92 Å². The normalized spacial score (nSPS) is 18.5. The van der Waals surface area contributed by atoms with Crippen molar-refractivity contribution in [3.63, 3.8) is 0 Å². The second-order valence-electron chi connectivity index (χ2n) is 4.54. The number of aliphatic carboxylic acids is 2. The van der Waals surface area contributed by atoms with E-state index < -0.39 is 18.0 Å². The van der Waals surface area contributed by atoms with E-state index in [4.69, 9.17) is 10.2 Å². The van der Waals surface area contributed by atoms with Gasteiger partial charge in [-0.15, -0.1) is 0 Å². The van der Waals surface area contributed by atoms with E-state index >= 15 is 0 Å². The summed E-state index contributed by atoms with van der Waals surface area (Å²) in [7, 11) is 0. The van der Waals surface area contributed by atoms with Gasteiger partial charge in [-0.05, 0) is 25.4 Å². The van der Waals surface area contributed by atoms with Crippen LogP contribution in [0.5, 0.6) is 0 Å². The van der Waals surface area contributed by atoms with Crippen molar-refractivity contribution < 1.29 is 24.6 Å². The van der Waals surface area contributed by atoms with E-state index in [1.165, 1.54) is 0 Å². The topological polar surface area (TPSA) is 116 Å². The molecule has 2 atom stereocenters. The average molecular weight is 258 g/mol. The van der Waals surface area contributed by atoms with Crippen LogP contribution < -0.4 is 10.6 Å². The number of carbonyl (C=O) groups excluding carboxylic acids is 1. The third-order valence-corrected chi connectivity index (χ3v) is 3.20. The van der Waals surface area contributed by atoms with Crippen molar-refractivity contribution in [1.29, 1.82) is 0 Å². The predicted molar refractivity (Wildman–Crippen MR) is 62.0 cm³/mol. The number of hydrogen-bond acceptors (Lipinski definition) is 4. The molecule has 1 heterocycles. The van der Waals surface area contributed by atoms with Crippen LogP contribution in [0.15, 0.2) is 0 Å². The molecule has 7 heteroatoms. The zero-order valence-corrected chi connectivity index (χ0v) is 10.2. The summed E-state index contributed by atoms with van der Waals surface area (Å²) in [6.07, 6.45) is -0.386. The summed E-state index contributed by atoms with van der Waals surface area (Å²) in [5.74, 6) is -2.66. The lowest BCUT2D eigenvalue weighted by molar-refractivity contribution is -0.144. The number of amides is 1. The molecule has 0 saturated carbocycles. The van der Waals surface area contributed by atoms with E-state index in [1.807, 2.05) is 0 Å². The molecule has 7 nitrogen and oxygen atoms in total. The molecule has 1 fully saturated rings. The van der Waals surface area contributed by atoms with Gasteiger partial charge >= 0.3 is 11.9 Å². The second kappa shape index (κ2) is 6.34. The third-order valence-electron chi connectivity index (χ3n) is 3.20. The van der Waals surface area contributed by atoms with E-state index in [0.29, 0.717) is 0 Å². The van der Waals surface area contributed by atoms with Crippen LogP contribution in [0.4, 0.5) is 0 Å². The SMILES string of the molecule is CC(C(=O)N[C@@H](CCC(=O)O)C(=O)O)C1CNC1. The standard InChI is InChI=1S/C11H18N2O5/c1-6(7-4-12-5-7)10(16)13-8(11(17)18)2-3-9(14)15/h6-8,12H,2-5H2,1H3,(H,13,16)(H,14,15)(H,17,18)/t6?,8-/m0/s1. The second-order valence-corrected chi connectivity index (χ2v) is 4.54. The minimum absolute atomic E-state index is 0.105. The van der Waals surface area contributed by atoms with Gasteiger partial charge in [0.1, 0.15) is 6.04 Å². The Bertz CT molecular complexity index is 340. The molecule has 0 aromatic rings. The van der Waals surface area contributed by atoms with E-state index in [1.54, 1.807) is 6.92 Å². The zero-order valence-electron chi connectivity index (χ0n) is 10.2. The van der Waals surface area contributed by atoms with Gasteiger partial charge in [-0.2, -0.15) is 0 Å². The predicted octanol–water partition coefficient (Wildman–Crippen LogP) is -0.724. The Hall–Kier alpha value is -1.63. The van der Waals surface area contributed by atoms with Crippen molar-refractivity contribution in [2.45, 2.75) is 25.8 Å². The lowest BCUT2D eigenvalue weighted by Gasteiger charge is -2.32. The molecular weight excluding hydrogens is 240 g/mol. The van der Waals surface area contributed by atoms with Crippen LogP contribution >= 0.6 is 0 Å². The molecule has 1 aliphatic rings. The van der Waals surface area contributed by atoms with Gasteiger partial charge in [0.2, 0.25) is 5.91 Å². The molecule has 4 N–H and O–H groups in total. The molecule has 0 aromatic carbocycles. The van der Waals surface area contributed by atoms with Crippen LogP contribution in [0, 0.1) is 11.8 Å². The lowest BCUT2D eigenvalue weighted by Crippen LogP contribution is -2.52. The molecule has 0 spiro atoms. The van der Waals surface area contributed by atoms with Crippen molar-refractivity contribution >= 4 is 17.8 Å². The highest BCUT2D eigenvalue weighted by atomic mass is 16.4. The first-order valence-electron chi connectivity index (χ1n) is 5.87. The minimum atomic E-state index is -1.21. The molecule has 18 heavy (non-hydrogen) atoms. The number of carboxylic acids is 2. The first kappa shape index (κ1) is 14.4. The molecule has 0 aliphatic carbocycles. The highest BCUT2D eigenvalue weighted by Gasteiger charge is 2.31. The maximum Gasteiger partial charge on any atom is 0.326 e. The smallest absolute Gasteiger partial charge is 0.326 e. The summed E-state index contributed by atoms with van der Waals surface area (Å²) in [6, 6.07) is -1.14. The Morgan fingerprint density at radius 2 is 1.94 bits per heavy atom. The monoisotopic (exact) mass is 258 g/mol. The summed E-state index contributed by atoms with van der Waals surface area (Å²) in [5.41, 5.74) is 0. The van der Waals surface area contributed by atoms with Gasteiger partial charge in [0.05, 0.1) is 0 Å². The molecular formula is C11H18N2O5. The fourth-order valence-corrected chi connectivity index (χ4v) is 1.71. The lowest BCUT2D eigenvalue weighted by atomic mass is 9.88. The number of rotatable bonds is 7. The van der Waals surface area contributed by atoms with Crippen molar-refractivity contribution in [3.05, 3.63) is 0 Å². The molecule has 0 aromatic heterocycles. The number of carboxylic acid groups (broad SMARTS) is 2. The molecule has 0 bridgehead atoms. The van der Waals surface area contributed by atoms with Crippen molar-refractivity contribution in [3.8, 4) is 0 Å². The van der Waals surface area contributed by atoms with Crippen LogP contribution in [-0.4, -0.2) is 47.2 Å². The summed E-state index contributed by atoms with van der Waals surface area (Å²) < 4.78 is 0. The summed E-state index contributed by atoms with van der Waals surface area (Å²) in [5, 5.41) is 22.8. The van der Waals surface area contributed by atoms with E-state index in [9.17, 15) is 14.4 Å². The van der Waals surface area contributed by atoms with Gasteiger partial charge in [-0.25, -0.2) is 4.79 Å². The Balaban J connectivity index is 2.46. The molecule has 1 rings (SSSR count). The van der Waals surface area contributed by atoms with Crippen LogP contribution in [0.2, 0.25) is 0 Å². The molecule has 1 saturated heterocycles. The van der Waals surface area contributed by atoms with Gasteiger partial charge in [0.25, 0.3) is 0 Å². The first-order valence-corrected chi connectivity index (χ1v) is 5.87. The van der Waals surface area contributed by atoms with Gasteiger partial charge in [0.15, 0.2) is 0 Å². The van der Waals surface area contributed by atoms with Crippen molar-refractivity contribution in [1.82, 2.24) is 10.6 Å². The average Bonchev–Trinajstić information content (AvgIpc) is 2.20. The summed E-state index contributed by atoms with van der Waals surface area (Å²) >= 11 is 0. The minimum Gasteiger partial charge on any atom is -0.481 e. The molecule has 0 radical (unpaired) electrons. The maximum absolute atomic E-state index is 11.8. The fourth-order valence-electron chi connectivity index (χ4n) is 1.71. The highest BCUT2D eigenvalue weighted by Crippen LogP contribution is 2.16. The van der Waals surface area contributed by atoms with Crippen molar-refractivity contribution in [2.75, 3.05) is 13.1 Å². The zero-order chi connectivity index (χ0) is 13.7. The fraction of sp³-hybridized carbons (Fsp3) is 0.727. The van der Waals surface area contributed by atoms with E-state index in [0.717, 1.165) is 13.1 Å². The molecule has 1 amide bonds. The number of hydrogen-bond donors (Lipinski definition) is 4. The maximum atomic E-state index is 11.8. The van der Waals surface area contributed by atoms with Gasteiger partial charge < -0.3 is 20.8 Å². The molecule has 1 unspecified atom stereocenters. The Kier molecular flexibility index (Phi) is 5.08. The first-order chi connectivity index (χ1) is 8.41. The third kappa shape index (κ3) is 3.99. The van der Waals surface area contributed by atoms with Gasteiger partial charge in [0, 0.05) is 12.3 Å². The van der Waals surface area contributed by atoms with Crippen LogP contribution in [0.25, 0.3) is 0 Å². The number of nitrogens with one attached hydrogen (secondary N) is 2. The summed E-state index contributed by atoms with van der Waals surface area (Å²) in [6.45, 7) is 3.25. The van der Waals surface area contributed by atoms with Crippen LogP contribution in [0.1, 0.15) is 19.8 Å². The van der Waals surface area contributed by atoms with Crippen LogP contribution in [0.3, 0.4) is 0 Å². The number of carbonyl (C=O) groups is 3. The molecule has 1 aliphatic heterocycles. The largest absolute Gasteiger partial charge is 0.481 e. The Labute approximate surface area is 105 Å². The van der Waals surface area contributed by atoms with Crippen LogP contribution in [-0.2, 0) is 14.4 Å². The highest BCUT2D eigenvalue weighted by molar-refractivity contribution is 5.85. The Morgan fingerprint density at radius 1 is 1.33 bits per heavy atom. The van der Waals surface area contributed by atoms with Gasteiger partial charge in [-0.3, -0.25) is 9.59 Å². The Morgan fingerprint density at radius 3 is 2.33 bits per heavy atom. The quantitative estimate of drug-likeness (QED) is 0.479. The van der Waals surface area contributed by atoms with E-state index in [-0.39, 0.29) is 30.6 Å². The van der Waals surface area contributed by atoms with E-state index in [2.05, 4.69) is 10.6 Å².